The lowest BCUT2D eigenvalue weighted by atomic mass is 9.93. The third-order valence-corrected chi connectivity index (χ3v) is 6.41. The van der Waals surface area contributed by atoms with E-state index in [9.17, 15) is 23.5 Å². The van der Waals surface area contributed by atoms with Gasteiger partial charge < -0.3 is 14.6 Å². The monoisotopic (exact) mass is 535 g/mol. The van der Waals surface area contributed by atoms with Crippen molar-refractivity contribution < 1.29 is 33.0 Å². The first-order valence-corrected chi connectivity index (χ1v) is 12.1. The summed E-state index contributed by atoms with van der Waals surface area (Å²) in [5.41, 5.74) is 2.02. The highest BCUT2D eigenvalue weighted by Crippen LogP contribution is 2.41. The largest absolute Gasteiger partial charge is 0.493 e. The van der Waals surface area contributed by atoms with Crippen LogP contribution in [0.3, 0.4) is 0 Å². The Morgan fingerprint density at radius 1 is 1.03 bits per heavy atom. The topological polar surface area (TPSA) is 85.7 Å². The van der Waals surface area contributed by atoms with Crippen molar-refractivity contribution in [1.29, 1.82) is 0 Å². The average Bonchev–Trinajstić information content (AvgIpc) is 2.88. The number of aromatic nitrogens is 1. The van der Waals surface area contributed by atoms with Gasteiger partial charge in [0.15, 0.2) is 5.78 Å². The minimum Gasteiger partial charge on any atom is -0.493 e. The number of rotatable bonds is 7. The predicted octanol–water partition coefficient (Wildman–Crippen LogP) is 6.85. The van der Waals surface area contributed by atoms with Gasteiger partial charge >= 0.3 is 5.97 Å². The summed E-state index contributed by atoms with van der Waals surface area (Å²) in [6.45, 7) is 0.277. The Balaban J connectivity index is 1.29. The lowest BCUT2D eigenvalue weighted by molar-refractivity contribution is -0.139. The summed E-state index contributed by atoms with van der Waals surface area (Å²) in [5.74, 6) is -2.13. The third-order valence-electron chi connectivity index (χ3n) is 6.11. The number of halogens is 3. The zero-order chi connectivity index (χ0) is 26.8. The normalized spacial score (nSPS) is 14.3. The number of nitrogens with zero attached hydrogens (tertiary/aromatic N) is 1. The van der Waals surface area contributed by atoms with Crippen LogP contribution in [0.25, 0.3) is 11.3 Å². The zero-order valence-corrected chi connectivity index (χ0v) is 20.5. The Hall–Kier alpha value is -4.30. The maximum absolute atomic E-state index is 13.6. The highest BCUT2D eigenvalue weighted by molar-refractivity contribution is 6.32. The van der Waals surface area contributed by atoms with E-state index in [-0.39, 0.29) is 29.4 Å². The van der Waals surface area contributed by atoms with Crippen molar-refractivity contribution in [3.8, 4) is 28.5 Å². The summed E-state index contributed by atoms with van der Waals surface area (Å²) in [6, 6.07) is 17.7. The molecule has 9 heteroatoms. The molecule has 1 aromatic heterocycles. The first-order valence-electron chi connectivity index (χ1n) is 11.7. The second kappa shape index (κ2) is 10.6. The van der Waals surface area contributed by atoms with Gasteiger partial charge in [-0.05, 0) is 61.0 Å². The van der Waals surface area contributed by atoms with Crippen molar-refractivity contribution in [2.75, 3.05) is 6.61 Å². The summed E-state index contributed by atoms with van der Waals surface area (Å²) < 4.78 is 38.6. The number of pyridine rings is 1. The van der Waals surface area contributed by atoms with Gasteiger partial charge in [-0.2, -0.15) is 0 Å². The van der Waals surface area contributed by atoms with Crippen LogP contribution in [-0.4, -0.2) is 28.4 Å². The van der Waals surface area contributed by atoms with Crippen molar-refractivity contribution in [3.63, 3.8) is 0 Å². The lowest BCUT2D eigenvalue weighted by Crippen LogP contribution is -2.20. The molecular formula is C29H20ClF2NO5. The van der Waals surface area contributed by atoms with Crippen molar-refractivity contribution in [2.24, 2.45) is 0 Å². The molecule has 1 unspecified atom stereocenters. The number of ether oxygens (including phenoxy) is 2. The van der Waals surface area contributed by atoms with Gasteiger partial charge in [-0.3, -0.25) is 14.6 Å². The molecule has 192 valence electrons. The summed E-state index contributed by atoms with van der Waals surface area (Å²) in [7, 11) is 0. The molecule has 3 aromatic carbocycles. The summed E-state index contributed by atoms with van der Waals surface area (Å²) in [4.78, 5) is 28.8. The molecule has 0 saturated heterocycles. The molecule has 0 spiro atoms. The van der Waals surface area contributed by atoms with E-state index in [1.165, 1.54) is 12.1 Å². The van der Waals surface area contributed by atoms with Gasteiger partial charge in [0.2, 0.25) is 0 Å². The Morgan fingerprint density at radius 3 is 2.47 bits per heavy atom. The van der Waals surface area contributed by atoms with Crippen LogP contribution in [0.15, 0.2) is 72.8 Å². The fourth-order valence-corrected chi connectivity index (χ4v) is 4.48. The number of fused-ring (bicyclic) bond motifs is 1. The van der Waals surface area contributed by atoms with Gasteiger partial charge in [0.25, 0.3) is 0 Å². The van der Waals surface area contributed by atoms with E-state index in [2.05, 4.69) is 4.98 Å². The van der Waals surface area contributed by atoms with Crippen molar-refractivity contribution >= 4 is 23.4 Å². The van der Waals surface area contributed by atoms with Crippen LogP contribution >= 0.6 is 11.6 Å². The van der Waals surface area contributed by atoms with Crippen LogP contribution in [0.1, 0.15) is 34.0 Å². The second-order valence-corrected chi connectivity index (χ2v) is 9.15. The fraction of sp³-hybridized carbons (Fsp3) is 0.138. The van der Waals surface area contributed by atoms with E-state index in [0.717, 1.165) is 6.07 Å². The molecule has 1 atom stereocenters. The number of carboxylic acid groups (broad SMARTS) is 1. The van der Waals surface area contributed by atoms with Crippen LogP contribution < -0.4 is 9.47 Å². The Kier molecular flexibility index (Phi) is 7.07. The number of hydrogen-bond donors (Lipinski definition) is 1. The molecule has 0 saturated carbocycles. The molecule has 0 amide bonds. The van der Waals surface area contributed by atoms with Crippen molar-refractivity contribution in [2.45, 2.75) is 18.8 Å². The average molecular weight is 536 g/mol. The molecule has 38 heavy (non-hydrogen) atoms. The predicted molar refractivity (Wildman–Crippen MR) is 136 cm³/mol. The molecule has 0 radical (unpaired) electrons. The second-order valence-electron chi connectivity index (χ2n) is 8.75. The molecule has 0 fully saturated rings. The van der Waals surface area contributed by atoms with Gasteiger partial charge in [-0.25, -0.2) is 8.78 Å². The fourth-order valence-electron chi connectivity index (χ4n) is 4.27. The number of benzene rings is 3. The summed E-state index contributed by atoms with van der Waals surface area (Å²) in [5, 5.41) is 9.68. The molecular weight excluding hydrogens is 516 g/mol. The molecule has 1 aliphatic rings. The quantitative estimate of drug-likeness (QED) is 0.260. The van der Waals surface area contributed by atoms with Gasteiger partial charge in [0.1, 0.15) is 28.9 Å². The highest BCUT2D eigenvalue weighted by Gasteiger charge is 2.29. The summed E-state index contributed by atoms with van der Waals surface area (Å²) >= 11 is 6.35. The number of ketones is 1. The van der Waals surface area contributed by atoms with E-state index in [1.807, 2.05) is 0 Å². The maximum atomic E-state index is 13.6. The van der Waals surface area contributed by atoms with E-state index in [1.54, 1.807) is 54.6 Å². The van der Waals surface area contributed by atoms with Gasteiger partial charge in [-0.15, -0.1) is 0 Å². The van der Waals surface area contributed by atoms with Crippen molar-refractivity contribution in [1.82, 2.24) is 4.98 Å². The SMILES string of the molecule is O=C(Cc1cccc(-c2cc(F)cc(F)c2)n1)c1ccc(Oc2cc3c(cc2Cl)C(C(=O)O)CCO3)cc1. The number of aliphatic carboxylic acids is 1. The minimum absolute atomic E-state index is 0.00935. The first kappa shape index (κ1) is 25.4. The van der Waals surface area contributed by atoms with Gasteiger partial charge in [0.05, 0.1) is 29.7 Å². The summed E-state index contributed by atoms with van der Waals surface area (Å²) in [6.07, 6.45) is 0.349. The molecule has 2 heterocycles. The van der Waals surface area contributed by atoms with Crippen molar-refractivity contribution in [3.05, 3.63) is 106 Å². The van der Waals surface area contributed by atoms with Crippen LogP contribution in [0, 0.1) is 11.6 Å². The van der Waals surface area contributed by atoms with Crippen LogP contribution in [0.4, 0.5) is 8.78 Å². The van der Waals surface area contributed by atoms with Crippen LogP contribution in [0.5, 0.6) is 17.2 Å². The number of Topliss-reactive ketones (excluding diaryl/α,β-unsaturated/α-hetero) is 1. The van der Waals surface area contributed by atoms with Gasteiger partial charge in [0, 0.05) is 34.5 Å². The standard InChI is InChI=1S/C29H20ClF2NO5/c30-24-14-23-22(29(35)36)8-9-37-27(23)15-28(24)38-21-6-4-16(5-7-21)26(34)13-20-2-1-3-25(33-20)17-10-18(31)12-19(32)11-17/h1-7,10-12,14-15,22H,8-9,13H2,(H,35,36). The van der Waals surface area contributed by atoms with Crippen LogP contribution in [-0.2, 0) is 11.2 Å². The van der Waals surface area contributed by atoms with E-state index in [4.69, 9.17) is 21.1 Å². The maximum Gasteiger partial charge on any atom is 0.311 e. The molecule has 5 rings (SSSR count). The number of hydrogen-bond acceptors (Lipinski definition) is 5. The lowest BCUT2D eigenvalue weighted by Gasteiger charge is -2.24. The molecule has 6 nitrogen and oxygen atoms in total. The van der Waals surface area contributed by atoms with E-state index >= 15 is 0 Å². The number of carboxylic acids is 1. The molecule has 1 N–H and O–H groups in total. The Bertz CT molecular complexity index is 1520. The first-order chi connectivity index (χ1) is 18.3. The van der Waals surface area contributed by atoms with E-state index in [0.29, 0.717) is 46.2 Å². The number of carbonyl (C=O) groups excluding carboxylic acids is 1. The molecule has 1 aliphatic heterocycles. The number of carbonyl (C=O) groups is 2. The third kappa shape index (κ3) is 5.50. The zero-order valence-electron chi connectivity index (χ0n) is 19.8. The highest BCUT2D eigenvalue weighted by atomic mass is 35.5. The Labute approximate surface area is 221 Å². The molecule has 0 bridgehead atoms. The Morgan fingerprint density at radius 2 is 1.76 bits per heavy atom. The molecule has 4 aromatic rings. The van der Waals surface area contributed by atoms with E-state index < -0.39 is 23.5 Å². The smallest absolute Gasteiger partial charge is 0.311 e. The molecule has 0 aliphatic carbocycles. The van der Waals surface area contributed by atoms with Gasteiger partial charge in [-0.1, -0.05) is 17.7 Å². The van der Waals surface area contributed by atoms with Crippen LogP contribution in [0.2, 0.25) is 5.02 Å². The minimum atomic E-state index is -0.940.